The molecule has 0 heterocycles. The number of hydrogen-bond acceptors (Lipinski definition) is 1. The van der Waals surface area contributed by atoms with E-state index in [4.69, 9.17) is 11.6 Å². The SMILES string of the molecule is Cc1cccc(C(=O)c2cc(F)c(Cl)cc2F)c1C. The van der Waals surface area contributed by atoms with Crippen LogP contribution in [0.5, 0.6) is 0 Å². The van der Waals surface area contributed by atoms with Gasteiger partial charge in [0.15, 0.2) is 5.78 Å². The van der Waals surface area contributed by atoms with Gasteiger partial charge in [0.25, 0.3) is 0 Å². The van der Waals surface area contributed by atoms with Crippen molar-refractivity contribution in [2.24, 2.45) is 0 Å². The van der Waals surface area contributed by atoms with Gasteiger partial charge in [-0.25, -0.2) is 8.78 Å². The minimum atomic E-state index is -0.822. The molecule has 0 aliphatic carbocycles. The van der Waals surface area contributed by atoms with Crippen LogP contribution in [0.4, 0.5) is 8.78 Å². The topological polar surface area (TPSA) is 17.1 Å². The average molecular weight is 281 g/mol. The summed E-state index contributed by atoms with van der Waals surface area (Å²) in [5.74, 6) is -2.18. The van der Waals surface area contributed by atoms with Crippen molar-refractivity contribution in [3.63, 3.8) is 0 Å². The standard InChI is InChI=1S/C15H11ClF2O/c1-8-4-3-5-10(9(8)2)15(19)11-6-14(18)12(16)7-13(11)17/h3-7H,1-2H3. The Bertz CT molecular complexity index is 665. The number of halogens is 3. The van der Waals surface area contributed by atoms with Crippen LogP contribution in [-0.2, 0) is 0 Å². The van der Waals surface area contributed by atoms with Crippen molar-refractivity contribution in [3.05, 3.63) is 69.2 Å². The van der Waals surface area contributed by atoms with E-state index in [-0.39, 0.29) is 10.6 Å². The van der Waals surface area contributed by atoms with Crippen molar-refractivity contribution < 1.29 is 13.6 Å². The molecule has 2 aromatic rings. The van der Waals surface area contributed by atoms with Gasteiger partial charge in [-0.1, -0.05) is 29.8 Å². The van der Waals surface area contributed by atoms with Crippen molar-refractivity contribution >= 4 is 17.4 Å². The molecule has 0 atom stereocenters. The van der Waals surface area contributed by atoms with Crippen LogP contribution < -0.4 is 0 Å². The van der Waals surface area contributed by atoms with Gasteiger partial charge in [0.1, 0.15) is 11.6 Å². The van der Waals surface area contributed by atoms with Gasteiger partial charge in [0.2, 0.25) is 0 Å². The van der Waals surface area contributed by atoms with Crippen LogP contribution >= 0.6 is 11.6 Å². The zero-order chi connectivity index (χ0) is 14.2. The van der Waals surface area contributed by atoms with E-state index in [1.54, 1.807) is 19.1 Å². The third-order valence-electron chi connectivity index (χ3n) is 3.10. The van der Waals surface area contributed by atoms with Crippen molar-refractivity contribution in [3.8, 4) is 0 Å². The van der Waals surface area contributed by atoms with Crippen LogP contribution in [0.2, 0.25) is 5.02 Å². The molecule has 0 unspecified atom stereocenters. The van der Waals surface area contributed by atoms with Gasteiger partial charge in [-0.2, -0.15) is 0 Å². The molecule has 98 valence electrons. The van der Waals surface area contributed by atoms with Crippen molar-refractivity contribution in [1.82, 2.24) is 0 Å². The first-order chi connectivity index (χ1) is 8.91. The molecular formula is C15H11ClF2O. The number of ketones is 1. The number of rotatable bonds is 2. The highest BCUT2D eigenvalue weighted by molar-refractivity contribution is 6.31. The summed E-state index contributed by atoms with van der Waals surface area (Å²) >= 11 is 5.47. The second-order valence-electron chi connectivity index (χ2n) is 4.32. The maximum atomic E-state index is 13.7. The average Bonchev–Trinajstić information content (AvgIpc) is 2.36. The minimum absolute atomic E-state index is 0.310. The first kappa shape index (κ1) is 13.7. The number of aryl methyl sites for hydroxylation is 1. The Morgan fingerprint density at radius 2 is 1.74 bits per heavy atom. The Morgan fingerprint density at radius 1 is 1.05 bits per heavy atom. The molecule has 0 bridgehead atoms. The van der Waals surface area contributed by atoms with Gasteiger partial charge in [-0.05, 0) is 37.1 Å². The molecule has 0 aliphatic rings. The highest BCUT2D eigenvalue weighted by Gasteiger charge is 2.18. The van der Waals surface area contributed by atoms with Crippen molar-refractivity contribution in [2.45, 2.75) is 13.8 Å². The number of carbonyl (C=O) groups is 1. The summed E-state index contributed by atoms with van der Waals surface area (Å²) in [6.45, 7) is 3.62. The summed E-state index contributed by atoms with van der Waals surface area (Å²) in [5, 5.41) is -0.338. The highest BCUT2D eigenvalue weighted by atomic mass is 35.5. The maximum absolute atomic E-state index is 13.7. The fourth-order valence-corrected chi connectivity index (χ4v) is 1.99. The van der Waals surface area contributed by atoms with E-state index in [1.807, 2.05) is 13.0 Å². The van der Waals surface area contributed by atoms with Crippen LogP contribution in [0.1, 0.15) is 27.0 Å². The van der Waals surface area contributed by atoms with E-state index in [0.29, 0.717) is 5.56 Å². The molecule has 0 amide bonds. The Labute approximate surface area is 114 Å². The summed E-state index contributed by atoms with van der Waals surface area (Å²) in [6.07, 6.45) is 0. The third kappa shape index (κ3) is 2.51. The third-order valence-corrected chi connectivity index (χ3v) is 3.39. The molecule has 0 saturated heterocycles. The summed E-state index contributed by atoms with van der Waals surface area (Å²) in [5.41, 5.74) is 1.72. The normalized spacial score (nSPS) is 10.6. The zero-order valence-electron chi connectivity index (χ0n) is 10.4. The maximum Gasteiger partial charge on any atom is 0.196 e. The summed E-state index contributed by atoms with van der Waals surface area (Å²) in [4.78, 5) is 12.3. The fraction of sp³-hybridized carbons (Fsp3) is 0.133. The molecular weight excluding hydrogens is 270 g/mol. The molecule has 2 aromatic carbocycles. The predicted octanol–water partition coefficient (Wildman–Crippen LogP) is 4.47. The molecule has 0 saturated carbocycles. The number of carbonyl (C=O) groups excluding carboxylic acids is 1. The van der Waals surface area contributed by atoms with Gasteiger partial charge in [0.05, 0.1) is 10.6 Å². The van der Waals surface area contributed by atoms with Crippen molar-refractivity contribution in [1.29, 1.82) is 0 Å². The first-order valence-electron chi connectivity index (χ1n) is 5.67. The summed E-state index contributed by atoms with van der Waals surface area (Å²) in [7, 11) is 0. The lowest BCUT2D eigenvalue weighted by molar-refractivity contribution is 0.103. The predicted molar refractivity (Wildman–Crippen MR) is 70.7 cm³/mol. The van der Waals surface area contributed by atoms with E-state index in [0.717, 1.165) is 23.3 Å². The fourth-order valence-electron chi connectivity index (χ4n) is 1.84. The Morgan fingerprint density at radius 3 is 2.42 bits per heavy atom. The summed E-state index contributed by atoms with van der Waals surface area (Å²) in [6, 6.07) is 6.80. The molecule has 1 nitrogen and oxygen atoms in total. The van der Waals surface area contributed by atoms with Gasteiger partial charge in [-0.3, -0.25) is 4.79 Å². The quantitative estimate of drug-likeness (QED) is 0.586. The van der Waals surface area contributed by atoms with E-state index >= 15 is 0 Å². The Balaban J connectivity index is 2.56. The van der Waals surface area contributed by atoms with E-state index in [1.165, 1.54) is 0 Å². The highest BCUT2D eigenvalue weighted by Crippen LogP contribution is 2.23. The zero-order valence-corrected chi connectivity index (χ0v) is 11.2. The molecule has 0 fully saturated rings. The largest absolute Gasteiger partial charge is 0.288 e. The van der Waals surface area contributed by atoms with Crippen LogP contribution in [0.25, 0.3) is 0 Å². The first-order valence-corrected chi connectivity index (χ1v) is 6.05. The monoisotopic (exact) mass is 280 g/mol. The lowest BCUT2D eigenvalue weighted by Crippen LogP contribution is -2.08. The molecule has 0 radical (unpaired) electrons. The van der Waals surface area contributed by atoms with Gasteiger partial charge < -0.3 is 0 Å². The van der Waals surface area contributed by atoms with E-state index in [9.17, 15) is 13.6 Å². The molecule has 0 N–H and O–H groups in total. The number of benzene rings is 2. The molecule has 0 aliphatic heterocycles. The van der Waals surface area contributed by atoms with Crippen LogP contribution in [0.3, 0.4) is 0 Å². The molecule has 4 heteroatoms. The van der Waals surface area contributed by atoms with E-state index in [2.05, 4.69) is 0 Å². The van der Waals surface area contributed by atoms with Crippen molar-refractivity contribution in [2.75, 3.05) is 0 Å². The minimum Gasteiger partial charge on any atom is -0.288 e. The van der Waals surface area contributed by atoms with E-state index < -0.39 is 17.4 Å². The molecule has 2 rings (SSSR count). The molecule has 19 heavy (non-hydrogen) atoms. The lowest BCUT2D eigenvalue weighted by atomic mass is 9.96. The smallest absolute Gasteiger partial charge is 0.196 e. The Hall–Kier alpha value is -1.74. The Kier molecular flexibility index (Phi) is 3.67. The lowest BCUT2D eigenvalue weighted by Gasteiger charge is -2.09. The van der Waals surface area contributed by atoms with Gasteiger partial charge >= 0.3 is 0 Å². The second kappa shape index (κ2) is 5.10. The van der Waals surface area contributed by atoms with Crippen LogP contribution in [0, 0.1) is 25.5 Å². The van der Waals surface area contributed by atoms with Gasteiger partial charge in [-0.15, -0.1) is 0 Å². The second-order valence-corrected chi connectivity index (χ2v) is 4.73. The van der Waals surface area contributed by atoms with Gasteiger partial charge in [0, 0.05) is 5.56 Å². The summed E-state index contributed by atoms with van der Waals surface area (Å²) < 4.78 is 27.1. The molecule has 0 aromatic heterocycles. The number of hydrogen-bond donors (Lipinski definition) is 0. The van der Waals surface area contributed by atoms with Crippen LogP contribution in [-0.4, -0.2) is 5.78 Å². The molecule has 0 spiro atoms. The van der Waals surface area contributed by atoms with Crippen LogP contribution in [0.15, 0.2) is 30.3 Å².